The second-order valence-electron chi connectivity index (χ2n) is 2.87. The molecular formula is C11H17NaO. The van der Waals surface area contributed by atoms with Gasteiger partial charge in [-0.05, 0) is 18.6 Å². The Morgan fingerprint density at radius 1 is 1.08 bits per heavy atom. The van der Waals surface area contributed by atoms with Gasteiger partial charge in [-0.2, -0.15) is 0 Å². The predicted octanol–water partition coefficient (Wildman–Crippen LogP) is 2.61. The molecule has 0 aliphatic heterocycles. The van der Waals surface area contributed by atoms with Crippen molar-refractivity contribution in [2.75, 3.05) is 6.61 Å². The van der Waals surface area contributed by atoms with E-state index < -0.39 is 0 Å². The monoisotopic (exact) mass is 188 g/mol. The van der Waals surface area contributed by atoms with Crippen LogP contribution in [0.25, 0.3) is 0 Å². The molecule has 0 fully saturated rings. The maximum atomic E-state index is 5.51. The molecule has 0 aliphatic rings. The molecule has 13 heavy (non-hydrogen) atoms. The van der Waals surface area contributed by atoms with Crippen LogP contribution in [0, 0.1) is 0 Å². The van der Waals surface area contributed by atoms with Crippen LogP contribution in [0.15, 0.2) is 30.3 Å². The molecule has 0 atom stereocenters. The van der Waals surface area contributed by atoms with Crippen molar-refractivity contribution < 1.29 is 4.74 Å². The molecule has 1 aromatic carbocycles. The zero-order valence-corrected chi connectivity index (χ0v) is 7.62. The van der Waals surface area contributed by atoms with Crippen molar-refractivity contribution in [1.82, 2.24) is 0 Å². The molecule has 1 aromatic rings. The second-order valence-corrected chi connectivity index (χ2v) is 2.87. The minimum atomic E-state index is 0. The Bertz CT molecular complexity index is 199. The fourth-order valence-corrected chi connectivity index (χ4v) is 1.06. The van der Waals surface area contributed by atoms with Gasteiger partial charge in [0.05, 0.1) is 6.61 Å². The number of rotatable bonds is 5. The normalized spacial score (nSPS) is 9.00. The molecule has 0 aliphatic carbocycles. The average Bonchev–Trinajstić information content (AvgIpc) is 2.14. The van der Waals surface area contributed by atoms with Gasteiger partial charge >= 0.3 is 29.6 Å². The van der Waals surface area contributed by atoms with E-state index in [1.165, 1.54) is 12.8 Å². The Labute approximate surface area is 103 Å². The van der Waals surface area contributed by atoms with E-state index in [4.69, 9.17) is 4.74 Å². The summed E-state index contributed by atoms with van der Waals surface area (Å²) in [4.78, 5) is 0. The summed E-state index contributed by atoms with van der Waals surface area (Å²) in [7, 11) is 0. The van der Waals surface area contributed by atoms with E-state index in [0.29, 0.717) is 0 Å². The third-order valence-electron chi connectivity index (χ3n) is 1.76. The van der Waals surface area contributed by atoms with Gasteiger partial charge in [0.1, 0.15) is 5.75 Å². The van der Waals surface area contributed by atoms with Crippen molar-refractivity contribution in [2.24, 2.45) is 0 Å². The van der Waals surface area contributed by atoms with Crippen molar-refractivity contribution >= 4 is 29.6 Å². The zero-order chi connectivity index (χ0) is 8.65. The number of ether oxygens (including phenoxy) is 1. The average molecular weight is 188 g/mol. The van der Waals surface area contributed by atoms with Crippen molar-refractivity contribution in [1.29, 1.82) is 0 Å². The molecule has 0 spiro atoms. The summed E-state index contributed by atoms with van der Waals surface area (Å²) in [5.74, 6) is 0.980. The summed E-state index contributed by atoms with van der Waals surface area (Å²) in [6.45, 7) is 3.04. The van der Waals surface area contributed by atoms with Gasteiger partial charge in [-0.1, -0.05) is 38.0 Å². The first-order valence-corrected chi connectivity index (χ1v) is 4.61. The van der Waals surface area contributed by atoms with E-state index in [2.05, 4.69) is 6.92 Å². The Hall–Kier alpha value is 0.0200. The van der Waals surface area contributed by atoms with E-state index in [-0.39, 0.29) is 29.6 Å². The Morgan fingerprint density at radius 2 is 1.77 bits per heavy atom. The summed E-state index contributed by atoms with van der Waals surface area (Å²) in [5, 5.41) is 0. The quantitative estimate of drug-likeness (QED) is 0.510. The Kier molecular flexibility index (Phi) is 8.62. The van der Waals surface area contributed by atoms with Crippen LogP contribution in [0.4, 0.5) is 0 Å². The van der Waals surface area contributed by atoms with Crippen LogP contribution in [0.1, 0.15) is 26.2 Å². The number of unbranched alkanes of at least 4 members (excludes halogenated alkanes) is 2. The van der Waals surface area contributed by atoms with Crippen LogP contribution in [-0.4, -0.2) is 36.2 Å². The van der Waals surface area contributed by atoms with E-state index in [1.54, 1.807) is 0 Å². The summed E-state index contributed by atoms with van der Waals surface area (Å²) >= 11 is 0. The van der Waals surface area contributed by atoms with E-state index >= 15 is 0 Å². The number of hydrogen-bond donors (Lipinski definition) is 0. The van der Waals surface area contributed by atoms with Crippen molar-refractivity contribution in [3.05, 3.63) is 30.3 Å². The fraction of sp³-hybridized carbons (Fsp3) is 0.455. The van der Waals surface area contributed by atoms with Gasteiger partial charge in [0, 0.05) is 0 Å². The molecular weight excluding hydrogens is 171 g/mol. The number of benzene rings is 1. The van der Waals surface area contributed by atoms with Crippen LogP contribution < -0.4 is 4.74 Å². The number of hydrogen-bond acceptors (Lipinski definition) is 1. The molecule has 0 saturated carbocycles. The van der Waals surface area contributed by atoms with E-state index in [0.717, 1.165) is 18.8 Å². The molecule has 0 bridgehead atoms. The third-order valence-corrected chi connectivity index (χ3v) is 1.76. The van der Waals surface area contributed by atoms with Crippen molar-refractivity contribution in [3.8, 4) is 5.75 Å². The fourth-order valence-electron chi connectivity index (χ4n) is 1.06. The first kappa shape index (κ1) is 13.0. The van der Waals surface area contributed by atoms with E-state index in [1.807, 2.05) is 30.3 Å². The number of para-hydroxylation sites is 1. The summed E-state index contributed by atoms with van der Waals surface area (Å²) < 4.78 is 5.51. The molecule has 1 rings (SSSR count). The molecule has 0 heterocycles. The first-order valence-electron chi connectivity index (χ1n) is 4.61. The molecule has 68 valence electrons. The Morgan fingerprint density at radius 3 is 2.38 bits per heavy atom. The molecule has 1 nitrogen and oxygen atoms in total. The summed E-state index contributed by atoms with van der Waals surface area (Å²) in [5.41, 5.74) is 0. The van der Waals surface area contributed by atoms with Crippen molar-refractivity contribution in [2.45, 2.75) is 26.2 Å². The molecule has 0 saturated heterocycles. The zero-order valence-electron chi connectivity index (χ0n) is 7.62. The molecule has 0 aromatic heterocycles. The third kappa shape index (κ3) is 6.14. The van der Waals surface area contributed by atoms with Gasteiger partial charge in [0.25, 0.3) is 0 Å². The van der Waals surface area contributed by atoms with Crippen LogP contribution in [0.3, 0.4) is 0 Å². The maximum absolute atomic E-state index is 5.51. The Balaban J connectivity index is 0.00000144. The molecule has 0 N–H and O–H groups in total. The standard InChI is InChI=1S/C11H16O.Na.H/c1-2-3-7-10-12-11-8-5-4-6-9-11;;/h4-6,8-9H,2-3,7,10H2,1H3;;. The SMILES string of the molecule is CCCCCOc1ccccc1.[NaH]. The molecule has 0 amide bonds. The summed E-state index contributed by atoms with van der Waals surface area (Å²) in [6.07, 6.45) is 3.66. The van der Waals surface area contributed by atoms with Gasteiger partial charge in [0.15, 0.2) is 0 Å². The van der Waals surface area contributed by atoms with Crippen LogP contribution in [0.5, 0.6) is 5.75 Å². The van der Waals surface area contributed by atoms with Gasteiger partial charge < -0.3 is 4.74 Å². The van der Waals surface area contributed by atoms with Gasteiger partial charge in [-0.15, -0.1) is 0 Å². The first-order chi connectivity index (χ1) is 5.93. The van der Waals surface area contributed by atoms with Crippen LogP contribution in [-0.2, 0) is 0 Å². The minimum absolute atomic E-state index is 0. The molecule has 0 radical (unpaired) electrons. The van der Waals surface area contributed by atoms with Crippen LogP contribution >= 0.6 is 0 Å². The second kappa shape index (κ2) is 8.61. The van der Waals surface area contributed by atoms with Gasteiger partial charge in [0.2, 0.25) is 0 Å². The van der Waals surface area contributed by atoms with Crippen molar-refractivity contribution in [3.63, 3.8) is 0 Å². The molecule has 2 heteroatoms. The topological polar surface area (TPSA) is 9.23 Å². The molecule has 0 unspecified atom stereocenters. The van der Waals surface area contributed by atoms with Crippen LogP contribution in [0.2, 0.25) is 0 Å². The van der Waals surface area contributed by atoms with Gasteiger partial charge in [-0.25, -0.2) is 0 Å². The predicted molar refractivity (Wildman–Crippen MR) is 58.6 cm³/mol. The van der Waals surface area contributed by atoms with E-state index in [9.17, 15) is 0 Å². The van der Waals surface area contributed by atoms with Gasteiger partial charge in [-0.3, -0.25) is 0 Å². The summed E-state index contributed by atoms with van der Waals surface area (Å²) in [6, 6.07) is 9.97.